The quantitative estimate of drug-likeness (QED) is 0.684. The highest BCUT2D eigenvalue weighted by molar-refractivity contribution is 6.67. The van der Waals surface area contributed by atoms with Crippen molar-refractivity contribution in [1.82, 2.24) is 9.97 Å². The van der Waals surface area contributed by atoms with Crippen LogP contribution in [-0.4, -0.2) is 19.5 Å². The van der Waals surface area contributed by atoms with E-state index in [2.05, 4.69) is 70.6 Å². The van der Waals surface area contributed by atoms with Crippen molar-refractivity contribution in [1.29, 1.82) is 0 Å². The lowest BCUT2D eigenvalue weighted by molar-refractivity contribution is 1.18. The summed E-state index contributed by atoms with van der Waals surface area (Å²) in [6.07, 6.45) is 9.19. The second kappa shape index (κ2) is 6.77. The van der Waals surface area contributed by atoms with Gasteiger partial charge in [0.05, 0.1) is 21.4 Å². The van der Waals surface area contributed by atoms with E-state index >= 15 is 0 Å². The zero-order valence-corrected chi connectivity index (χ0v) is 13.1. The van der Waals surface area contributed by atoms with E-state index in [1.54, 1.807) is 18.6 Å². The highest BCUT2D eigenvalue weighted by Crippen LogP contribution is 2.04. The summed E-state index contributed by atoms with van der Waals surface area (Å²) in [4.78, 5) is 8.27. The molecule has 2 nitrogen and oxygen atoms in total. The Kier molecular flexibility index (Phi) is 4.34. The Morgan fingerprint density at radius 2 is 1.52 bits per heavy atom. The standard InChI is InChI=1S/C18H16N2Si/c1-2-4-17(5-3-1)21-18-10-7-15(8-11-18)6-9-16-14-19-12-13-20-16/h1-14H,21H2. The molecule has 0 unspecified atom stereocenters. The monoisotopic (exact) mass is 288 g/mol. The van der Waals surface area contributed by atoms with Gasteiger partial charge < -0.3 is 0 Å². The maximum atomic E-state index is 4.22. The smallest absolute Gasteiger partial charge is 0.0875 e. The normalized spacial score (nSPS) is 11.4. The van der Waals surface area contributed by atoms with Crippen LogP contribution in [0.2, 0.25) is 0 Å². The molecular formula is C18H16N2Si. The molecule has 3 aromatic rings. The molecule has 3 heteroatoms. The van der Waals surface area contributed by atoms with Gasteiger partial charge in [-0.1, -0.05) is 71.0 Å². The lowest BCUT2D eigenvalue weighted by Gasteiger charge is -2.01. The van der Waals surface area contributed by atoms with Crippen LogP contribution >= 0.6 is 0 Å². The molecular weight excluding hydrogens is 272 g/mol. The molecule has 1 heterocycles. The predicted octanol–water partition coefficient (Wildman–Crippen LogP) is 1.77. The van der Waals surface area contributed by atoms with Gasteiger partial charge in [0.1, 0.15) is 0 Å². The largest absolute Gasteiger partial charge is 0.261 e. The molecule has 21 heavy (non-hydrogen) atoms. The fraction of sp³-hybridized carbons (Fsp3) is 0. The molecule has 2 aromatic carbocycles. The van der Waals surface area contributed by atoms with E-state index in [9.17, 15) is 0 Å². The maximum absolute atomic E-state index is 4.22. The van der Waals surface area contributed by atoms with Crippen LogP contribution in [-0.2, 0) is 0 Å². The average molecular weight is 288 g/mol. The van der Waals surface area contributed by atoms with E-state index in [-0.39, 0.29) is 9.52 Å². The minimum Gasteiger partial charge on any atom is -0.261 e. The third-order valence-corrected chi connectivity index (χ3v) is 5.02. The highest BCUT2D eigenvalue weighted by Gasteiger charge is 1.96. The van der Waals surface area contributed by atoms with Crippen molar-refractivity contribution in [3.05, 3.63) is 84.4 Å². The molecule has 0 aliphatic carbocycles. The molecule has 0 amide bonds. The Balaban J connectivity index is 1.68. The van der Waals surface area contributed by atoms with E-state index in [0.29, 0.717) is 0 Å². The van der Waals surface area contributed by atoms with E-state index in [1.807, 2.05) is 6.08 Å². The molecule has 0 aliphatic heterocycles. The molecule has 0 bridgehead atoms. The van der Waals surface area contributed by atoms with Gasteiger partial charge >= 0.3 is 0 Å². The second-order valence-corrected chi connectivity index (χ2v) is 6.85. The van der Waals surface area contributed by atoms with Crippen LogP contribution in [0.25, 0.3) is 12.2 Å². The first kappa shape index (κ1) is 13.5. The molecule has 0 saturated carbocycles. The number of hydrogen-bond donors (Lipinski definition) is 0. The molecule has 0 spiro atoms. The molecule has 0 saturated heterocycles. The maximum Gasteiger partial charge on any atom is 0.0875 e. The van der Waals surface area contributed by atoms with E-state index < -0.39 is 0 Å². The fourth-order valence-corrected chi connectivity index (χ4v) is 3.61. The Morgan fingerprint density at radius 3 is 2.24 bits per heavy atom. The minimum atomic E-state index is -0.361. The van der Waals surface area contributed by atoms with Gasteiger partial charge in [-0.05, 0) is 11.6 Å². The number of benzene rings is 2. The van der Waals surface area contributed by atoms with Crippen LogP contribution in [0.5, 0.6) is 0 Å². The summed E-state index contributed by atoms with van der Waals surface area (Å²) in [5, 5.41) is 2.93. The predicted molar refractivity (Wildman–Crippen MR) is 91.7 cm³/mol. The van der Waals surface area contributed by atoms with Gasteiger partial charge in [0.2, 0.25) is 0 Å². The van der Waals surface area contributed by atoms with Crippen molar-refractivity contribution in [2.24, 2.45) is 0 Å². The third-order valence-electron chi connectivity index (χ3n) is 3.26. The van der Waals surface area contributed by atoms with E-state index in [0.717, 1.165) is 5.69 Å². The van der Waals surface area contributed by atoms with Crippen LogP contribution in [0, 0.1) is 0 Å². The Hall–Kier alpha value is -2.52. The van der Waals surface area contributed by atoms with Crippen LogP contribution in [0.3, 0.4) is 0 Å². The van der Waals surface area contributed by atoms with E-state index in [4.69, 9.17) is 0 Å². The van der Waals surface area contributed by atoms with Crippen LogP contribution in [0.15, 0.2) is 73.2 Å². The molecule has 0 N–H and O–H groups in total. The average Bonchev–Trinajstić information content (AvgIpc) is 2.56. The first-order chi connectivity index (χ1) is 10.4. The second-order valence-electron chi connectivity index (χ2n) is 4.87. The van der Waals surface area contributed by atoms with Gasteiger partial charge in [-0.15, -0.1) is 0 Å². The van der Waals surface area contributed by atoms with Crippen LogP contribution < -0.4 is 10.4 Å². The Bertz CT molecular complexity index is 707. The summed E-state index contributed by atoms with van der Waals surface area (Å²) in [6, 6.07) is 19.5. The lowest BCUT2D eigenvalue weighted by Crippen LogP contribution is -2.26. The zero-order chi connectivity index (χ0) is 14.3. The third kappa shape index (κ3) is 3.97. The van der Waals surface area contributed by atoms with Crippen molar-refractivity contribution >= 4 is 32.0 Å². The van der Waals surface area contributed by atoms with Crippen molar-refractivity contribution in [2.75, 3.05) is 0 Å². The van der Waals surface area contributed by atoms with Crippen molar-refractivity contribution in [2.45, 2.75) is 0 Å². The molecule has 1 aromatic heterocycles. The summed E-state index contributed by atoms with van der Waals surface area (Å²) in [7, 11) is -0.361. The van der Waals surface area contributed by atoms with Crippen molar-refractivity contribution in [3.63, 3.8) is 0 Å². The Labute approximate surface area is 127 Å². The van der Waals surface area contributed by atoms with Gasteiger partial charge in [0.15, 0.2) is 0 Å². The van der Waals surface area contributed by atoms with E-state index in [1.165, 1.54) is 15.9 Å². The number of nitrogens with zero attached hydrogens (tertiary/aromatic N) is 2. The first-order valence-electron chi connectivity index (χ1n) is 6.97. The summed E-state index contributed by atoms with van der Waals surface area (Å²) in [6.45, 7) is 0. The first-order valence-corrected chi connectivity index (χ1v) is 8.38. The summed E-state index contributed by atoms with van der Waals surface area (Å²) in [5.74, 6) is 0. The minimum absolute atomic E-state index is 0.361. The molecule has 0 radical (unpaired) electrons. The van der Waals surface area contributed by atoms with Gasteiger partial charge in [-0.3, -0.25) is 9.97 Å². The highest BCUT2D eigenvalue weighted by atomic mass is 28.2. The molecule has 0 aliphatic rings. The number of hydrogen-bond acceptors (Lipinski definition) is 2. The summed E-state index contributed by atoms with van der Waals surface area (Å²) < 4.78 is 0. The molecule has 3 rings (SSSR count). The van der Waals surface area contributed by atoms with Crippen LogP contribution in [0.1, 0.15) is 11.3 Å². The number of aromatic nitrogens is 2. The van der Waals surface area contributed by atoms with Crippen molar-refractivity contribution < 1.29 is 0 Å². The molecule has 102 valence electrons. The van der Waals surface area contributed by atoms with Crippen LogP contribution in [0.4, 0.5) is 0 Å². The molecule has 0 atom stereocenters. The zero-order valence-electron chi connectivity index (χ0n) is 11.7. The van der Waals surface area contributed by atoms with Gasteiger partial charge in [-0.2, -0.15) is 0 Å². The number of rotatable bonds is 4. The lowest BCUT2D eigenvalue weighted by atomic mass is 10.2. The summed E-state index contributed by atoms with van der Waals surface area (Å²) >= 11 is 0. The summed E-state index contributed by atoms with van der Waals surface area (Å²) in [5.41, 5.74) is 2.06. The van der Waals surface area contributed by atoms with Gasteiger partial charge in [0, 0.05) is 12.4 Å². The topological polar surface area (TPSA) is 25.8 Å². The Morgan fingerprint density at radius 1 is 0.762 bits per heavy atom. The molecule has 0 fully saturated rings. The van der Waals surface area contributed by atoms with Crippen molar-refractivity contribution in [3.8, 4) is 0 Å². The fourth-order valence-electron chi connectivity index (χ4n) is 2.16. The van der Waals surface area contributed by atoms with Gasteiger partial charge in [0.25, 0.3) is 0 Å². The SMILES string of the molecule is C(=Cc1cnccn1)c1ccc([SiH2]c2ccccc2)cc1. The van der Waals surface area contributed by atoms with Gasteiger partial charge in [-0.25, -0.2) is 0 Å².